The predicted octanol–water partition coefficient (Wildman–Crippen LogP) is 15.0. The third-order valence-corrected chi connectivity index (χ3v) is 12.8. The van der Waals surface area contributed by atoms with Crippen LogP contribution in [0, 0.1) is 18.8 Å². The normalized spacial score (nSPS) is 13.4. The average Bonchev–Trinajstić information content (AvgIpc) is 3.79. The number of pyridine rings is 1. The SMILES string of the molecule is CC(C)(C)c1cc(Cc2[c-]c3c(cc2)c2ccccc2n3-c2cc(C(C)(C)c3ccccc3)ccn2)[c-]c(N2[CH-]N(c3cc(C(C)(C)C)cc(C(C)(C)C)c3)c3ccccc32)c1.[Pt]. The van der Waals surface area contributed by atoms with Crippen LogP contribution >= 0.6 is 0 Å². The number of hydrogen-bond acceptors (Lipinski definition) is 3. The fourth-order valence-corrected chi connectivity index (χ4v) is 8.83. The van der Waals surface area contributed by atoms with E-state index in [2.05, 4.69) is 243 Å². The van der Waals surface area contributed by atoms with Crippen molar-refractivity contribution in [3.05, 3.63) is 197 Å². The van der Waals surface area contributed by atoms with Gasteiger partial charge in [-0.1, -0.05) is 148 Å². The second-order valence-electron chi connectivity index (χ2n) is 20.8. The van der Waals surface area contributed by atoms with Gasteiger partial charge in [-0.2, -0.15) is 47.0 Å². The van der Waals surface area contributed by atoms with Gasteiger partial charge in [0.2, 0.25) is 0 Å². The number of para-hydroxylation sites is 3. The van der Waals surface area contributed by atoms with Gasteiger partial charge in [-0.15, -0.1) is 23.8 Å². The first kappa shape index (κ1) is 44.2. The molecule has 0 saturated heterocycles. The molecule has 4 nitrogen and oxygen atoms in total. The Labute approximate surface area is 390 Å². The van der Waals surface area contributed by atoms with Gasteiger partial charge in [0.15, 0.2) is 0 Å². The summed E-state index contributed by atoms with van der Waals surface area (Å²) in [6, 6.07) is 56.7. The summed E-state index contributed by atoms with van der Waals surface area (Å²) in [6.07, 6.45) is 2.64. The van der Waals surface area contributed by atoms with Gasteiger partial charge in [-0.25, -0.2) is 4.98 Å². The molecule has 0 aliphatic carbocycles. The summed E-state index contributed by atoms with van der Waals surface area (Å²) in [4.78, 5) is 9.69. The molecular formula is C58H59N4Pt-3. The molecule has 0 spiro atoms. The number of aromatic nitrogens is 2. The van der Waals surface area contributed by atoms with Gasteiger partial charge in [-0.3, -0.25) is 0 Å². The van der Waals surface area contributed by atoms with Gasteiger partial charge in [0.1, 0.15) is 5.82 Å². The van der Waals surface area contributed by atoms with Gasteiger partial charge in [0, 0.05) is 55.3 Å². The second kappa shape index (κ2) is 16.3. The van der Waals surface area contributed by atoms with Crippen LogP contribution in [0.15, 0.2) is 140 Å². The Kier molecular flexibility index (Phi) is 11.4. The minimum Gasteiger partial charge on any atom is -0.493 e. The van der Waals surface area contributed by atoms with Crippen molar-refractivity contribution >= 4 is 44.6 Å². The predicted molar refractivity (Wildman–Crippen MR) is 262 cm³/mol. The van der Waals surface area contributed by atoms with Crippen LogP contribution in [0.1, 0.15) is 115 Å². The summed E-state index contributed by atoms with van der Waals surface area (Å²) < 4.78 is 2.30. The van der Waals surface area contributed by atoms with E-state index >= 15 is 0 Å². The largest absolute Gasteiger partial charge is 0.493 e. The maximum atomic E-state index is 5.00. The minimum atomic E-state index is -0.200. The van der Waals surface area contributed by atoms with Gasteiger partial charge in [0.05, 0.1) is 0 Å². The number of hydrogen-bond donors (Lipinski definition) is 0. The number of anilines is 4. The second-order valence-corrected chi connectivity index (χ2v) is 20.8. The fraction of sp³-hybridized carbons (Fsp3) is 0.276. The fourth-order valence-electron chi connectivity index (χ4n) is 8.83. The molecule has 9 rings (SSSR count). The number of fused-ring (bicyclic) bond motifs is 4. The molecule has 1 aliphatic rings. The van der Waals surface area contributed by atoms with Crippen molar-refractivity contribution < 1.29 is 21.1 Å². The molecular weight excluding hydrogens is 948 g/mol. The first-order chi connectivity index (χ1) is 29.4. The van der Waals surface area contributed by atoms with Crippen molar-refractivity contribution in [1.29, 1.82) is 0 Å². The zero-order chi connectivity index (χ0) is 43.8. The molecule has 0 saturated carbocycles. The van der Waals surface area contributed by atoms with Crippen molar-refractivity contribution in [2.75, 3.05) is 9.80 Å². The van der Waals surface area contributed by atoms with E-state index in [4.69, 9.17) is 4.98 Å². The molecule has 0 amide bonds. The topological polar surface area (TPSA) is 24.3 Å². The van der Waals surface area contributed by atoms with E-state index in [1.807, 2.05) is 6.20 Å². The van der Waals surface area contributed by atoms with E-state index < -0.39 is 0 Å². The van der Waals surface area contributed by atoms with Crippen LogP contribution in [-0.4, -0.2) is 9.55 Å². The Morgan fingerprint density at radius 1 is 0.508 bits per heavy atom. The smallest absolute Gasteiger partial charge is 0.135 e. The van der Waals surface area contributed by atoms with Crippen LogP contribution in [0.5, 0.6) is 0 Å². The molecule has 3 heterocycles. The average molecular weight is 1010 g/mol. The van der Waals surface area contributed by atoms with E-state index in [1.165, 1.54) is 44.3 Å². The molecule has 1 aliphatic heterocycles. The van der Waals surface area contributed by atoms with E-state index in [-0.39, 0.29) is 42.7 Å². The summed E-state index contributed by atoms with van der Waals surface area (Å²) in [7, 11) is 0. The first-order valence-corrected chi connectivity index (χ1v) is 22.1. The van der Waals surface area contributed by atoms with Crippen molar-refractivity contribution in [2.24, 2.45) is 0 Å². The van der Waals surface area contributed by atoms with Crippen molar-refractivity contribution in [3.63, 3.8) is 0 Å². The van der Waals surface area contributed by atoms with Crippen LogP contribution in [0.2, 0.25) is 0 Å². The van der Waals surface area contributed by atoms with E-state index in [9.17, 15) is 0 Å². The third kappa shape index (κ3) is 8.40. The van der Waals surface area contributed by atoms with Crippen LogP contribution in [0.25, 0.3) is 27.6 Å². The number of benzene rings is 6. The van der Waals surface area contributed by atoms with Crippen LogP contribution in [0.4, 0.5) is 22.7 Å². The molecule has 0 N–H and O–H groups in total. The molecule has 0 unspecified atom stereocenters. The summed E-state index contributed by atoms with van der Waals surface area (Å²) in [5.74, 6) is 0.894. The van der Waals surface area contributed by atoms with Crippen LogP contribution in [0.3, 0.4) is 0 Å². The molecule has 0 fully saturated rings. The molecule has 324 valence electrons. The molecule has 0 radical (unpaired) electrons. The zero-order valence-electron chi connectivity index (χ0n) is 38.7. The molecule has 6 aromatic carbocycles. The molecule has 0 atom stereocenters. The zero-order valence-corrected chi connectivity index (χ0v) is 40.9. The van der Waals surface area contributed by atoms with Crippen molar-refractivity contribution in [2.45, 2.75) is 104 Å². The molecule has 8 aromatic rings. The Morgan fingerprint density at radius 3 is 1.78 bits per heavy atom. The molecule has 5 heteroatoms. The summed E-state index contributed by atoms with van der Waals surface area (Å²) in [6.45, 7) is 27.6. The number of rotatable bonds is 7. The van der Waals surface area contributed by atoms with Gasteiger partial charge >= 0.3 is 0 Å². The first-order valence-electron chi connectivity index (χ1n) is 22.1. The quantitative estimate of drug-likeness (QED) is 0.149. The van der Waals surface area contributed by atoms with Crippen molar-refractivity contribution in [3.8, 4) is 5.82 Å². The van der Waals surface area contributed by atoms with E-state index in [0.717, 1.165) is 45.0 Å². The van der Waals surface area contributed by atoms with Gasteiger partial charge < -0.3 is 14.4 Å². The van der Waals surface area contributed by atoms with E-state index in [1.54, 1.807) is 0 Å². The Morgan fingerprint density at radius 2 is 1.11 bits per heavy atom. The Bertz CT molecular complexity index is 2920. The van der Waals surface area contributed by atoms with Crippen LogP contribution < -0.4 is 9.80 Å². The van der Waals surface area contributed by atoms with Crippen molar-refractivity contribution in [1.82, 2.24) is 9.55 Å². The standard InChI is InChI=1S/C58H59N4.Pt/c1-55(2,3)43-30-40(31-46(34-43)60-38-61(52-24-18-17-23-51(52)60)47-35-44(56(4,5)6)33-45(36-47)57(7,8)9)29-39-25-26-49-48-21-15-16-22-50(48)62(53(49)32-39)54-37-42(27-28-59-54)58(10,11)41-19-13-12-14-20-41;/h12-28,30,33-38H,29H2,1-11H3;/q-3;. The van der Waals surface area contributed by atoms with Gasteiger partial charge in [0.25, 0.3) is 0 Å². The minimum absolute atomic E-state index is 0. The maximum absolute atomic E-state index is 5.00. The maximum Gasteiger partial charge on any atom is 0.135 e. The van der Waals surface area contributed by atoms with E-state index in [0.29, 0.717) is 6.42 Å². The Balaban J connectivity index is 0.00000544. The molecule has 0 bridgehead atoms. The van der Waals surface area contributed by atoms with Crippen LogP contribution in [-0.2, 0) is 49.1 Å². The summed E-state index contributed by atoms with van der Waals surface area (Å²) in [5, 5.41) is 2.36. The summed E-state index contributed by atoms with van der Waals surface area (Å²) >= 11 is 0. The monoisotopic (exact) mass is 1010 g/mol. The van der Waals surface area contributed by atoms with Gasteiger partial charge in [-0.05, 0) is 92.8 Å². The Hall–Kier alpha value is -5.44. The third-order valence-electron chi connectivity index (χ3n) is 12.8. The summed E-state index contributed by atoms with van der Waals surface area (Å²) in [5.41, 5.74) is 15.0. The number of nitrogens with zero attached hydrogens (tertiary/aromatic N) is 4. The molecule has 2 aromatic heterocycles. The molecule has 63 heavy (non-hydrogen) atoms.